The van der Waals surface area contributed by atoms with E-state index in [1.807, 2.05) is 6.92 Å². The van der Waals surface area contributed by atoms with Crippen molar-refractivity contribution < 1.29 is 19.1 Å². The highest BCUT2D eigenvalue weighted by atomic mass is 16.5. The van der Waals surface area contributed by atoms with E-state index < -0.39 is 12.1 Å². The fourth-order valence-electron chi connectivity index (χ4n) is 2.43. The van der Waals surface area contributed by atoms with Crippen LogP contribution in [0, 0.1) is 0 Å². The Hall–Kier alpha value is -3.55. The third-order valence-corrected chi connectivity index (χ3v) is 3.82. The lowest BCUT2D eigenvalue weighted by atomic mass is 10.1. The zero-order chi connectivity index (χ0) is 19.2. The Labute approximate surface area is 155 Å². The van der Waals surface area contributed by atoms with Crippen molar-refractivity contribution in [2.24, 2.45) is 0 Å². The molecule has 0 amide bonds. The van der Waals surface area contributed by atoms with E-state index in [2.05, 4.69) is 15.5 Å². The summed E-state index contributed by atoms with van der Waals surface area (Å²) in [7, 11) is 0. The lowest BCUT2D eigenvalue weighted by Crippen LogP contribution is -2.24. The molecule has 0 aliphatic carbocycles. The first-order chi connectivity index (χ1) is 13.1. The summed E-state index contributed by atoms with van der Waals surface area (Å²) in [6.45, 7) is 3.98. The van der Waals surface area contributed by atoms with Crippen LogP contribution in [-0.2, 0) is 4.74 Å². The van der Waals surface area contributed by atoms with Crippen LogP contribution in [0.2, 0.25) is 0 Å². The minimum absolute atomic E-state index is 0.281. The highest BCUT2D eigenvalue weighted by Gasteiger charge is 2.20. The van der Waals surface area contributed by atoms with Crippen LogP contribution >= 0.6 is 0 Å². The number of hydrogen-bond donors (Lipinski definition) is 0. The van der Waals surface area contributed by atoms with Gasteiger partial charge in [0.05, 0.1) is 17.9 Å². The Morgan fingerprint density at radius 3 is 2.30 bits per heavy atom. The van der Waals surface area contributed by atoms with Gasteiger partial charge in [0, 0.05) is 5.56 Å². The molecule has 0 radical (unpaired) electrons. The fraction of sp³-hybridized carbons (Fsp3) is 0.211. The van der Waals surface area contributed by atoms with Crippen molar-refractivity contribution in [3.63, 3.8) is 0 Å². The Bertz CT molecular complexity index is 906. The molecule has 27 heavy (non-hydrogen) atoms. The molecule has 2 aromatic carbocycles. The minimum atomic E-state index is -0.908. The standard InChI is InChI=1S/C19H18N4O4/c1-3-26-17-10-6-14(7-11-17)18(24)13(2)27-19(25)15-4-8-16(9-5-15)23-12-20-21-22-23/h4-13H,3H2,1-2H3/t13-/m1/s1. The monoisotopic (exact) mass is 366 g/mol. The first-order valence-electron chi connectivity index (χ1n) is 8.40. The van der Waals surface area contributed by atoms with Gasteiger partial charge in [-0.1, -0.05) is 0 Å². The molecule has 1 atom stereocenters. The molecule has 0 bridgehead atoms. The Morgan fingerprint density at radius 2 is 1.70 bits per heavy atom. The van der Waals surface area contributed by atoms with E-state index in [4.69, 9.17) is 9.47 Å². The largest absolute Gasteiger partial charge is 0.494 e. The van der Waals surface area contributed by atoms with Crippen molar-refractivity contribution in [1.82, 2.24) is 20.2 Å². The smallest absolute Gasteiger partial charge is 0.338 e. The number of ether oxygens (including phenoxy) is 2. The molecule has 0 unspecified atom stereocenters. The predicted octanol–water partition coefficient (Wildman–Crippen LogP) is 2.49. The molecule has 0 saturated heterocycles. The molecule has 8 heteroatoms. The lowest BCUT2D eigenvalue weighted by molar-refractivity contribution is 0.0319. The molecule has 0 N–H and O–H groups in total. The Balaban J connectivity index is 1.63. The summed E-state index contributed by atoms with van der Waals surface area (Å²) in [5.74, 6) is -0.178. The van der Waals surface area contributed by atoms with Crippen LogP contribution in [0.5, 0.6) is 5.75 Å². The number of aromatic nitrogens is 4. The van der Waals surface area contributed by atoms with Crippen LogP contribution < -0.4 is 4.74 Å². The number of tetrazole rings is 1. The van der Waals surface area contributed by atoms with E-state index >= 15 is 0 Å². The topological polar surface area (TPSA) is 96.2 Å². The molecule has 3 aromatic rings. The van der Waals surface area contributed by atoms with Gasteiger partial charge in [-0.25, -0.2) is 9.48 Å². The summed E-state index contributed by atoms with van der Waals surface area (Å²) >= 11 is 0. The van der Waals surface area contributed by atoms with Gasteiger partial charge < -0.3 is 9.47 Å². The van der Waals surface area contributed by atoms with E-state index in [9.17, 15) is 9.59 Å². The average Bonchev–Trinajstić information content (AvgIpc) is 3.23. The maximum absolute atomic E-state index is 12.4. The fourth-order valence-corrected chi connectivity index (χ4v) is 2.43. The van der Waals surface area contributed by atoms with E-state index in [1.54, 1.807) is 55.5 Å². The van der Waals surface area contributed by atoms with Gasteiger partial charge in [0.15, 0.2) is 6.10 Å². The molecule has 0 aliphatic rings. The van der Waals surface area contributed by atoms with Crippen molar-refractivity contribution in [2.75, 3.05) is 6.61 Å². The number of esters is 1. The summed E-state index contributed by atoms with van der Waals surface area (Å²) < 4.78 is 12.1. The molecular formula is C19H18N4O4. The second-order valence-corrected chi connectivity index (χ2v) is 5.67. The van der Waals surface area contributed by atoms with Gasteiger partial charge in [0.2, 0.25) is 5.78 Å². The minimum Gasteiger partial charge on any atom is -0.494 e. The molecule has 1 heterocycles. The number of carbonyl (C=O) groups excluding carboxylic acids is 2. The summed E-state index contributed by atoms with van der Waals surface area (Å²) in [6, 6.07) is 13.3. The van der Waals surface area contributed by atoms with Crippen LogP contribution in [0.4, 0.5) is 0 Å². The first kappa shape index (κ1) is 18.2. The number of ketones is 1. The van der Waals surface area contributed by atoms with Crippen molar-refractivity contribution in [3.05, 3.63) is 66.0 Å². The highest BCUT2D eigenvalue weighted by Crippen LogP contribution is 2.16. The average molecular weight is 366 g/mol. The molecule has 0 saturated carbocycles. The SMILES string of the molecule is CCOc1ccc(C(=O)[C@@H](C)OC(=O)c2ccc(-n3cnnn3)cc2)cc1. The summed E-state index contributed by atoms with van der Waals surface area (Å²) in [4.78, 5) is 24.7. The summed E-state index contributed by atoms with van der Waals surface area (Å²) in [5, 5.41) is 10.9. The lowest BCUT2D eigenvalue weighted by Gasteiger charge is -2.13. The maximum Gasteiger partial charge on any atom is 0.338 e. The second-order valence-electron chi connectivity index (χ2n) is 5.67. The number of rotatable bonds is 7. The van der Waals surface area contributed by atoms with E-state index in [0.29, 0.717) is 29.2 Å². The van der Waals surface area contributed by atoms with Crippen molar-refractivity contribution in [1.29, 1.82) is 0 Å². The van der Waals surface area contributed by atoms with Gasteiger partial charge in [-0.05, 0) is 72.8 Å². The van der Waals surface area contributed by atoms with Crippen molar-refractivity contribution in [3.8, 4) is 11.4 Å². The van der Waals surface area contributed by atoms with Gasteiger partial charge >= 0.3 is 5.97 Å². The quantitative estimate of drug-likeness (QED) is 0.468. The van der Waals surface area contributed by atoms with Crippen molar-refractivity contribution >= 4 is 11.8 Å². The number of benzene rings is 2. The zero-order valence-corrected chi connectivity index (χ0v) is 14.9. The van der Waals surface area contributed by atoms with Crippen LogP contribution in [-0.4, -0.2) is 44.7 Å². The Morgan fingerprint density at radius 1 is 1.04 bits per heavy atom. The number of Topliss-reactive ketones (excluding diaryl/α,β-unsaturated/α-hetero) is 1. The molecule has 1 aromatic heterocycles. The van der Waals surface area contributed by atoms with Gasteiger partial charge in [-0.15, -0.1) is 5.10 Å². The van der Waals surface area contributed by atoms with E-state index in [0.717, 1.165) is 0 Å². The zero-order valence-electron chi connectivity index (χ0n) is 14.9. The van der Waals surface area contributed by atoms with Crippen LogP contribution in [0.25, 0.3) is 5.69 Å². The van der Waals surface area contributed by atoms with Gasteiger partial charge in [-0.2, -0.15) is 0 Å². The molecular weight excluding hydrogens is 348 g/mol. The normalized spacial score (nSPS) is 11.6. The van der Waals surface area contributed by atoms with Crippen molar-refractivity contribution in [2.45, 2.75) is 20.0 Å². The van der Waals surface area contributed by atoms with E-state index in [-0.39, 0.29) is 5.78 Å². The second kappa shape index (κ2) is 8.22. The van der Waals surface area contributed by atoms with E-state index in [1.165, 1.54) is 11.0 Å². The molecule has 0 spiro atoms. The van der Waals surface area contributed by atoms with Gasteiger partial charge in [0.1, 0.15) is 12.1 Å². The van der Waals surface area contributed by atoms with Gasteiger partial charge in [-0.3, -0.25) is 4.79 Å². The molecule has 0 fully saturated rings. The predicted molar refractivity (Wildman–Crippen MR) is 96.0 cm³/mol. The number of nitrogens with zero attached hydrogens (tertiary/aromatic N) is 4. The summed E-state index contributed by atoms with van der Waals surface area (Å²) in [5.41, 5.74) is 1.49. The number of hydrogen-bond acceptors (Lipinski definition) is 7. The molecule has 8 nitrogen and oxygen atoms in total. The third kappa shape index (κ3) is 4.35. The van der Waals surface area contributed by atoms with Crippen LogP contribution in [0.3, 0.4) is 0 Å². The molecule has 0 aliphatic heterocycles. The molecule has 3 rings (SSSR count). The first-order valence-corrected chi connectivity index (χ1v) is 8.40. The Kier molecular flexibility index (Phi) is 5.55. The maximum atomic E-state index is 12.4. The summed E-state index contributed by atoms with van der Waals surface area (Å²) in [6.07, 6.45) is 0.542. The third-order valence-electron chi connectivity index (χ3n) is 3.82. The highest BCUT2D eigenvalue weighted by molar-refractivity contribution is 6.01. The number of carbonyl (C=O) groups is 2. The van der Waals surface area contributed by atoms with Crippen LogP contribution in [0.1, 0.15) is 34.6 Å². The van der Waals surface area contributed by atoms with Gasteiger partial charge in [0.25, 0.3) is 0 Å². The molecule has 138 valence electrons. The van der Waals surface area contributed by atoms with Crippen LogP contribution in [0.15, 0.2) is 54.9 Å².